The molecule has 3 atom stereocenters. The average Bonchev–Trinajstić information content (AvgIpc) is 3.51. The largest absolute Gasteiger partial charge is 0.493 e. The summed E-state index contributed by atoms with van der Waals surface area (Å²) in [5, 5.41) is 4.50. The molecule has 0 radical (unpaired) electrons. The zero-order valence-corrected chi connectivity index (χ0v) is 27.8. The van der Waals surface area contributed by atoms with Gasteiger partial charge in [0.1, 0.15) is 11.8 Å². The molecule has 3 unspecified atom stereocenters. The van der Waals surface area contributed by atoms with Crippen molar-refractivity contribution >= 4 is 78.9 Å². The highest BCUT2D eigenvalue weighted by Gasteiger charge is 2.57. The van der Waals surface area contributed by atoms with Gasteiger partial charge in [0.25, 0.3) is 0 Å². The number of imide groups is 1. The van der Waals surface area contributed by atoms with E-state index < -0.39 is 17.1 Å². The van der Waals surface area contributed by atoms with Crippen LogP contribution >= 0.6 is 39.0 Å². The number of amides is 3. The second-order valence-corrected chi connectivity index (χ2v) is 13.9. The summed E-state index contributed by atoms with van der Waals surface area (Å²) in [7, 11) is 3.06. The van der Waals surface area contributed by atoms with E-state index in [4.69, 9.17) is 9.47 Å². The zero-order valence-electron chi connectivity index (χ0n) is 24.6. The Balaban J connectivity index is 1.30. The van der Waals surface area contributed by atoms with Gasteiger partial charge in [-0.25, -0.2) is 4.90 Å². The second-order valence-electron chi connectivity index (χ2n) is 10.8. The maximum atomic E-state index is 14.2. The molecule has 2 aliphatic heterocycles. The van der Waals surface area contributed by atoms with E-state index in [1.54, 1.807) is 36.4 Å². The number of thiazole rings is 1. The highest BCUT2D eigenvalue weighted by atomic mass is 79.9. The van der Waals surface area contributed by atoms with E-state index >= 15 is 0 Å². The van der Waals surface area contributed by atoms with Crippen LogP contribution in [0.1, 0.15) is 16.4 Å². The first kappa shape index (κ1) is 30.3. The number of hydrogen-bond acceptors (Lipinski definition) is 8. The molecule has 3 amide bonds. The summed E-state index contributed by atoms with van der Waals surface area (Å²) in [5.41, 5.74) is 1.80. The van der Waals surface area contributed by atoms with Crippen molar-refractivity contribution < 1.29 is 23.9 Å². The number of benzene rings is 4. The average molecular weight is 717 g/mol. The molecule has 0 saturated carbocycles. The molecular weight excluding hydrogens is 690 g/mol. The van der Waals surface area contributed by atoms with Gasteiger partial charge in [0.15, 0.2) is 11.5 Å². The van der Waals surface area contributed by atoms with E-state index in [-0.39, 0.29) is 29.1 Å². The van der Waals surface area contributed by atoms with Crippen molar-refractivity contribution in [3.05, 3.63) is 110 Å². The van der Waals surface area contributed by atoms with Gasteiger partial charge in [-0.05, 0) is 53.4 Å². The summed E-state index contributed by atoms with van der Waals surface area (Å²) in [6, 6.07) is 25.7. The number of halogens is 1. The second kappa shape index (κ2) is 12.1. The summed E-state index contributed by atoms with van der Waals surface area (Å²) in [5.74, 6) is -1.57. The maximum absolute atomic E-state index is 14.2. The quantitative estimate of drug-likeness (QED) is 0.198. The third-order valence-electron chi connectivity index (χ3n) is 8.27. The minimum absolute atomic E-state index is 0.254. The van der Waals surface area contributed by atoms with Crippen molar-refractivity contribution in [3.8, 4) is 11.5 Å². The van der Waals surface area contributed by atoms with Crippen LogP contribution in [0.25, 0.3) is 10.8 Å². The van der Waals surface area contributed by atoms with Crippen molar-refractivity contribution in [1.82, 2.24) is 4.57 Å². The van der Waals surface area contributed by atoms with Crippen LogP contribution in [0, 0.1) is 5.92 Å². The van der Waals surface area contributed by atoms with Crippen LogP contribution in [0.4, 0.5) is 11.4 Å². The molecule has 12 heteroatoms. The number of anilines is 2. The molecule has 1 saturated heterocycles. The van der Waals surface area contributed by atoms with E-state index in [0.29, 0.717) is 38.3 Å². The summed E-state index contributed by atoms with van der Waals surface area (Å²) < 4.78 is 13.2. The minimum Gasteiger partial charge on any atom is -0.493 e. The number of aromatic nitrogens is 1. The summed E-state index contributed by atoms with van der Waals surface area (Å²) in [6.07, 6.45) is 0. The summed E-state index contributed by atoms with van der Waals surface area (Å²) in [4.78, 5) is 56.7. The molecule has 5 aromatic rings. The molecule has 1 aromatic heterocycles. The fourth-order valence-corrected chi connectivity index (χ4v) is 9.21. The molecule has 1 N–H and O–H groups in total. The number of nitrogens with zero attached hydrogens (tertiary/aromatic N) is 2. The van der Waals surface area contributed by atoms with Crippen LogP contribution in [0.2, 0.25) is 0 Å². The lowest BCUT2D eigenvalue weighted by atomic mass is 9.83. The van der Waals surface area contributed by atoms with Crippen LogP contribution in [0.5, 0.6) is 11.5 Å². The van der Waals surface area contributed by atoms with E-state index in [9.17, 15) is 19.2 Å². The molecule has 3 heterocycles. The fourth-order valence-electron chi connectivity index (χ4n) is 6.17. The number of fused-ring (bicyclic) bond motifs is 3. The predicted molar refractivity (Wildman–Crippen MR) is 182 cm³/mol. The Morgan fingerprint density at radius 3 is 2.39 bits per heavy atom. The van der Waals surface area contributed by atoms with E-state index in [1.165, 1.54) is 35.4 Å². The third kappa shape index (κ3) is 5.10. The van der Waals surface area contributed by atoms with Gasteiger partial charge < -0.3 is 14.8 Å². The number of ether oxygens (including phenoxy) is 2. The molecule has 232 valence electrons. The normalized spacial score (nSPS) is 18.8. The lowest BCUT2D eigenvalue weighted by molar-refractivity contribution is -0.122. The Bertz CT molecular complexity index is 2090. The summed E-state index contributed by atoms with van der Waals surface area (Å²) >= 11 is 5.58. The Morgan fingerprint density at radius 1 is 0.891 bits per heavy atom. The van der Waals surface area contributed by atoms with Crippen molar-refractivity contribution in [1.29, 1.82) is 0 Å². The number of hydrogen-bond donors (Lipinski definition) is 1. The standard InChI is InChI=1S/C34H26BrN3O6S2/c1-43-24-15-10-19(16-25(24)44-2)27-28-29(32(41)38(31(28)40)21-13-11-20(35)12-14-21)45-33-30(27)46-34(42)37(33)17-26(39)36-23-9-5-7-18-6-3-4-8-22(18)23/h3-16,27-29H,17H2,1-2H3,(H,36,39). The lowest BCUT2D eigenvalue weighted by Crippen LogP contribution is -2.33. The molecule has 0 aliphatic carbocycles. The van der Waals surface area contributed by atoms with E-state index in [0.717, 1.165) is 26.6 Å². The first-order valence-corrected chi connectivity index (χ1v) is 16.8. The van der Waals surface area contributed by atoms with E-state index in [2.05, 4.69) is 21.2 Å². The molecule has 9 nitrogen and oxygen atoms in total. The van der Waals surface area contributed by atoms with Gasteiger partial charge in [0.2, 0.25) is 17.7 Å². The number of nitrogens with one attached hydrogen (secondary N) is 1. The van der Waals surface area contributed by atoms with Crippen molar-refractivity contribution in [2.24, 2.45) is 5.92 Å². The number of carbonyl (C=O) groups is 3. The number of thioether (sulfide) groups is 1. The first-order valence-electron chi connectivity index (χ1n) is 14.3. The fraction of sp³-hybridized carbons (Fsp3) is 0.176. The Hall–Kier alpha value is -4.39. The molecular formula is C34H26BrN3O6S2. The monoisotopic (exact) mass is 715 g/mol. The zero-order chi connectivity index (χ0) is 32.1. The Labute approximate surface area is 280 Å². The molecule has 46 heavy (non-hydrogen) atoms. The smallest absolute Gasteiger partial charge is 0.308 e. The van der Waals surface area contributed by atoms with Gasteiger partial charge in [-0.3, -0.25) is 23.7 Å². The van der Waals surface area contributed by atoms with Gasteiger partial charge in [0, 0.05) is 26.3 Å². The van der Waals surface area contributed by atoms with Gasteiger partial charge in [0.05, 0.1) is 30.9 Å². The van der Waals surface area contributed by atoms with Gasteiger partial charge in [-0.1, -0.05) is 81.5 Å². The lowest BCUT2D eigenvalue weighted by Gasteiger charge is -2.31. The first-order chi connectivity index (χ1) is 22.3. The van der Waals surface area contributed by atoms with Crippen molar-refractivity contribution in [2.75, 3.05) is 24.4 Å². The Morgan fingerprint density at radius 2 is 1.63 bits per heavy atom. The molecule has 2 aliphatic rings. The Kier molecular flexibility index (Phi) is 7.95. The van der Waals surface area contributed by atoms with E-state index in [1.807, 2.05) is 48.5 Å². The number of carbonyl (C=O) groups excluding carboxylic acids is 3. The van der Waals surface area contributed by atoms with Crippen LogP contribution < -0.4 is 24.6 Å². The molecule has 7 rings (SSSR count). The van der Waals surface area contributed by atoms with Gasteiger partial charge in [-0.2, -0.15) is 0 Å². The van der Waals surface area contributed by atoms with Gasteiger partial charge >= 0.3 is 4.87 Å². The van der Waals surface area contributed by atoms with Crippen LogP contribution in [0.15, 0.2) is 99.2 Å². The molecule has 0 spiro atoms. The van der Waals surface area contributed by atoms with Crippen molar-refractivity contribution in [2.45, 2.75) is 22.7 Å². The van der Waals surface area contributed by atoms with Gasteiger partial charge in [-0.15, -0.1) is 0 Å². The van der Waals surface area contributed by atoms with Crippen molar-refractivity contribution in [3.63, 3.8) is 0 Å². The minimum atomic E-state index is -0.817. The number of methoxy groups -OCH3 is 2. The highest BCUT2D eigenvalue weighted by molar-refractivity contribution is 9.10. The third-order valence-corrected chi connectivity index (χ3v) is 11.4. The van der Waals surface area contributed by atoms with Crippen LogP contribution in [-0.4, -0.2) is 41.8 Å². The predicted octanol–water partition coefficient (Wildman–Crippen LogP) is 6.28. The summed E-state index contributed by atoms with van der Waals surface area (Å²) in [6.45, 7) is -0.254. The van der Waals surface area contributed by atoms with Crippen LogP contribution in [-0.2, 0) is 20.9 Å². The molecule has 1 fully saturated rings. The van der Waals surface area contributed by atoms with Crippen LogP contribution in [0.3, 0.4) is 0 Å². The highest BCUT2D eigenvalue weighted by Crippen LogP contribution is 2.54. The maximum Gasteiger partial charge on any atom is 0.308 e. The topological polar surface area (TPSA) is 107 Å². The molecule has 4 aromatic carbocycles. The number of rotatable bonds is 7. The molecule has 0 bridgehead atoms. The SMILES string of the molecule is COc1ccc(C2c3sc(=O)n(CC(=O)Nc4cccc5ccccc45)c3SC3C(=O)N(c4ccc(Br)cc4)C(=O)C32)cc1OC.